The van der Waals surface area contributed by atoms with Gasteiger partial charge in [-0.25, -0.2) is 4.98 Å². The normalized spacial score (nSPS) is 21.3. The molecule has 2 aliphatic heterocycles. The molecule has 4 heterocycles. The predicted molar refractivity (Wildman–Crippen MR) is 115 cm³/mol. The molecule has 29 heavy (non-hydrogen) atoms. The summed E-state index contributed by atoms with van der Waals surface area (Å²) in [5, 5.41) is 2.05. The minimum atomic E-state index is 0.0992. The van der Waals surface area contributed by atoms with Crippen LogP contribution in [-0.2, 0) is 6.54 Å². The number of benzene rings is 1. The SMILES string of the molecule is CN1CCN(Cc2c(C(=O)N3CCCC3)nc3sccn23)CC1c1ccccc1. The third kappa shape index (κ3) is 3.58. The monoisotopic (exact) mass is 409 g/mol. The quantitative estimate of drug-likeness (QED) is 0.664. The lowest BCUT2D eigenvalue weighted by Gasteiger charge is -2.39. The van der Waals surface area contributed by atoms with Crippen LogP contribution in [0.5, 0.6) is 0 Å². The molecule has 0 saturated carbocycles. The summed E-state index contributed by atoms with van der Waals surface area (Å²) >= 11 is 1.60. The summed E-state index contributed by atoms with van der Waals surface area (Å²) in [6.45, 7) is 5.43. The molecule has 1 aromatic carbocycles. The van der Waals surface area contributed by atoms with Gasteiger partial charge in [0.1, 0.15) is 0 Å². The fourth-order valence-electron chi connectivity index (χ4n) is 4.55. The molecule has 5 rings (SSSR count). The van der Waals surface area contributed by atoms with Crippen molar-refractivity contribution >= 4 is 22.2 Å². The molecule has 6 nitrogen and oxygen atoms in total. The lowest BCUT2D eigenvalue weighted by Crippen LogP contribution is -2.46. The number of piperazine rings is 1. The predicted octanol–water partition coefficient (Wildman–Crippen LogP) is 3.12. The van der Waals surface area contributed by atoms with Crippen molar-refractivity contribution in [2.45, 2.75) is 25.4 Å². The standard InChI is InChI=1S/C22H27N5OS/c1-24-11-12-25(15-18(24)17-7-3-2-4-8-17)16-19-20(21(28)26-9-5-6-10-26)23-22-27(19)13-14-29-22/h2-4,7-8,13-14,18H,5-6,9-12,15-16H2,1H3. The smallest absolute Gasteiger partial charge is 0.274 e. The van der Waals surface area contributed by atoms with Gasteiger partial charge in [-0.1, -0.05) is 30.3 Å². The zero-order valence-corrected chi connectivity index (χ0v) is 17.6. The van der Waals surface area contributed by atoms with Crippen molar-refractivity contribution < 1.29 is 4.79 Å². The number of aromatic nitrogens is 2. The topological polar surface area (TPSA) is 44.1 Å². The van der Waals surface area contributed by atoms with Crippen LogP contribution < -0.4 is 0 Å². The van der Waals surface area contributed by atoms with E-state index in [0.29, 0.717) is 11.7 Å². The van der Waals surface area contributed by atoms with Crippen molar-refractivity contribution in [2.75, 3.05) is 39.8 Å². The molecule has 1 unspecified atom stereocenters. The van der Waals surface area contributed by atoms with E-state index in [1.807, 2.05) is 16.5 Å². The minimum Gasteiger partial charge on any atom is -0.337 e. The van der Waals surface area contributed by atoms with Gasteiger partial charge in [-0.3, -0.25) is 19.0 Å². The number of carbonyl (C=O) groups is 1. The molecule has 2 saturated heterocycles. The number of hydrogen-bond donors (Lipinski definition) is 0. The van der Waals surface area contributed by atoms with E-state index in [4.69, 9.17) is 4.98 Å². The van der Waals surface area contributed by atoms with E-state index < -0.39 is 0 Å². The van der Waals surface area contributed by atoms with Crippen LogP contribution in [0.2, 0.25) is 0 Å². The summed E-state index contributed by atoms with van der Waals surface area (Å²) in [6, 6.07) is 11.1. The second kappa shape index (κ2) is 7.89. The fourth-order valence-corrected chi connectivity index (χ4v) is 5.28. The van der Waals surface area contributed by atoms with E-state index in [0.717, 1.165) is 62.8 Å². The van der Waals surface area contributed by atoms with Crippen LogP contribution in [0, 0.1) is 0 Å². The van der Waals surface area contributed by atoms with Crippen LogP contribution in [0.3, 0.4) is 0 Å². The highest BCUT2D eigenvalue weighted by atomic mass is 32.1. The molecule has 0 spiro atoms. The number of amides is 1. The van der Waals surface area contributed by atoms with Crippen molar-refractivity contribution in [2.24, 2.45) is 0 Å². The van der Waals surface area contributed by atoms with Crippen LogP contribution in [-0.4, -0.2) is 69.8 Å². The van der Waals surface area contributed by atoms with Crippen LogP contribution in [0.15, 0.2) is 41.9 Å². The maximum absolute atomic E-state index is 13.1. The number of likely N-dealkylation sites (N-methyl/N-ethyl adjacent to an activating group) is 1. The van der Waals surface area contributed by atoms with Crippen molar-refractivity contribution in [1.82, 2.24) is 24.1 Å². The number of nitrogens with zero attached hydrogens (tertiary/aromatic N) is 5. The van der Waals surface area contributed by atoms with Gasteiger partial charge in [0.05, 0.1) is 5.69 Å². The Bertz CT molecular complexity index is 991. The highest BCUT2D eigenvalue weighted by Gasteiger charge is 2.30. The van der Waals surface area contributed by atoms with Gasteiger partial charge in [-0.15, -0.1) is 11.3 Å². The Morgan fingerprint density at radius 3 is 2.72 bits per heavy atom. The number of hydrogen-bond acceptors (Lipinski definition) is 5. The third-order valence-electron chi connectivity index (χ3n) is 6.25. The van der Waals surface area contributed by atoms with Crippen molar-refractivity contribution in [3.05, 3.63) is 58.9 Å². The Hall–Kier alpha value is -2.22. The second-order valence-electron chi connectivity index (χ2n) is 8.10. The number of imidazole rings is 1. The van der Waals surface area contributed by atoms with Gasteiger partial charge in [-0.05, 0) is 25.5 Å². The van der Waals surface area contributed by atoms with E-state index in [2.05, 4.69) is 51.6 Å². The Morgan fingerprint density at radius 2 is 1.93 bits per heavy atom. The molecule has 2 aromatic heterocycles. The van der Waals surface area contributed by atoms with Gasteiger partial charge in [0.2, 0.25) is 0 Å². The van der Waals surface area contributed by atoms with Crippen LogP contribution in [0.25, 0.3) is 4.96 Å². The first-order valence-corrected chi connectivity index (χ1v) is 11.3. The van der Waals surface area contributed by atoms with E-state index in [1.54, 1.807) is 11.3 Å². The Labute approximate surface area is 175 Å². The highest BCUT2D eigenvalue weighted by molar-refractivity contribution is 7.15. The molecular weight excluding hydrogens is 382 g/mol. The molecule has 152 valence electrons. The van der Waals surface area contributed by atoms with Crippen LogP contribution in [0.1, 0.15) is 40.6 Å². The Morgan fingerprint density at radius 1 is 1.14 bits per heavy atom. The number of rotatable bonds is 4. The van der Waals surface area contributed by atoms with Crippen molar-refractivity contribution in [3.63, 3.8) is 0 Å². The molecule has 0 N–H and O–H groups in total. The molecule has 1 amide bonds. The molecule has 2 aliphatic rings. The number of carbonyl (C=O) groups excluding carboxylic acids is 1. The van der Waals surface area contributed by atoms with Crippen LogP contribution >= 0.6 is 11.3 Å². The van der Waals surface area contributed by atoms with Gasteiger partial charge >= 0.3 is 0 Å². The summed E-state index contributed by atoms with van der Waals surface area (Å²) < 4.78 is 2.11. The fraction of sp³-hybridized carbons (Fsp3) is 0.455. The molecule has 0 aliphatic carbocycles. The summed E-state index contributed by atoms with van der Waals surface area (Å²) in [5.41, 5.74) is 3.03. The first kappa shape index (κ1) is 18.8. The first-order chi connectivity index (χ1) is 14.2. The summed E-state index contributed by atoms with van der Waals surface area (Å²) in [6.07, 6.45) is 4.24. The van der Waals surface area contributed by atoms with Crippen molar-refractivity contribution in [1.29, 1.82) is 0 Å². The number of thiazole rings is 1. The molecule has 2 fully saturated rings. The Balaban J connectivity index is 1.41. The van der Waals surface area contributed by atoms with Gasteiger partial charge in [0.15, 0.2) is 10.7 Å². The molecule has 0 bridgehead atoms. The molecule has 0 radical (unpaired) electrons. The zero-order chi connectivity index (χ0) is 19.8. The molecule has 3 aromatic rings. The van der Waals surface area contributed by atoms with Crippen molar-refractivity contribution in [3.8, 4) is 0 Å². The van der Waals surface area contributed by atoms with Crippen LogP contribution in [0.4, 0.5) is 0 Å². The molecule has 1 atom stereocenters. The van der Waals surface area contributed by atoms with E-state index in [-0.39, 0.29) is 5.91 Å². The average molecular weight is 410 g/mol. The number of fused-ring (bicyclic) bond motifs is 1. The highest BCUT2D eigenvalue weighted by Crippen LogP contribution is 2.27. The zero-order valence-electron chi connectivity index (χ0n) is 16.8. The molecule has 7 heteroatoms. The minimum absolute atomic E-state index is 0.0992. The third-order valence-corrected chi connectivity index (χ3v) is 7.00. The largest absolute Gasteiger partial charge is 0.337 e. The maximum atomic E-state index is 13.1. The first-order valence-electron chi connectivity index (χ1n) is 10.4. The number of likely N-dealkylation sites (tertiary alicyclic amines) is 1. The lowest BCUT2D eigenvalue weighted by molar-refractivity contribution is 0.0773. The van der Waals surface area contributed by atoms with E-state index in [9.17, 15) is 4.79 Å². The summed E-state index contributed by atoms with van der Waals surface area (Å²) in [7, 11) is 2.20. The average Bonchev–Trinajstić information content (AvgIpc) is 3.48. The van der Waals surface area contributed by atoms with Gasteiger partial charge < -0.3 is 4.90 Å². The summed E-state index contributed by atoms with van der Waals surface area (Å²) in [4.78, 5) is 25.7. The van der Waals surface area contributed by atoms with E-state index >= 15 is 0 Å². The lowest BCUT2D eigenvalue weighted by atomic mass is 10.0. The summed E-state index contributed by atoms with van der Waals surface area (Å²) in [5.74, 6) is 0.0992. The van der Waals surface area contributed by atoms with E-state index in [1.165, 1.54) is 5.56 Å². The Kier molecular flexibility index (Phi) is 5.11. The second-order valence-corrected chi connectivity index (χ2v) is 8.98. The van der Waals surface area contributed by atoms with Gasteiger partial charge in [0.25, 0.3) is 5.91 Å². The maximum Gasteiger partial charge on any atom is 0.274 e. The van der Waals surface area contributed by atoms with Gasteiger partial charge in [-0.2, -0.15) is 0 Å². The van der Waals surface area contributed by atoms with Gasteiger partial charge in [0, 0.05) is 56.9 Å². The molecular formula is C22H27N5OS.